The van der Waals surface area contributed by atoms with Crippen LogP contribution in [0.2, 0.25) is 0 Å². The first kappa shape index (κ1) is 31.1. The zero-order valence-corrected chi connectivity index (χ0v) is 23.5. The molecule has 2 atom stereocenters. The Bertz CT molecular complexity index is 1180. The van der Waals surface area contributed by atoms with Gasteiger partial charge in [-0.2, -0.15) is 0 Å². The first-order chi connectivity index (χ1) is 17.3. The summed E-state index contributed by atoms with van der Waals surface area (Å²) in [5.74, 6) is 1.42. The van der Waals surface area contributed by atoms with E-state index in [1.54, 1.807) is 54.6 Å². The molecule has 1 saturated heterocycles. The van der Waals surface area contributed by atoms with Gasteiger partial charge in [-0.3, -0.25) is 9.69 Å². The van der Waals surface area contributed by atoms with Crippen LogP contribution < -0.4 is 15.0 Å². The minimum atomic E-state index is -0.116. The van der Waals surface area contributed by atoms with Gasteiger partial charge in [-0.15, -0.1) is 24.8 Å². The molecule has 1 aliphatic rings. The van der Waals surface area contributed by atoms with Crippen molar-refractivity contribution in [1.82, 2.24) is 10.2 Å². The minimum absolute atomic E-state index is 0. The summed E-state index contributed by atoms with van der Waals surface area (Å²) in [6.45, 7) is 9.85. The molecule has 3 aromatic carbocycles. The molecule has 0 aromatic heterocycles. The van der Waals surface area contributed by atoms with E-state index in [9.17, 15) is 15.0 Å². The monoisotopic (exact) mass is 561 g/mol. The van der Waals surface area contributed by atoms with Crippen LogP contribution in [0.25, 0.3) is 0 Å². The molecule has 9 heteroatoms. The molecule has 0 spiro atoms. The van der Waals surface area contributed by atoms with Crippen LogP contribution in [0.3, 0.4) is 0 Å². The summed E-state index contributed by atoms with van der Waals surface area (Å²) >= 11 is 0. The number of hydrogen-bond acceptors (Lipinski definition) is 6. The van der Waals surface area contributed by atoms with Crippen LogP contribution >= 0.6 is 24.8 Å². The van der Waals surface area contributed by atoms with E-state index < -0.39 is 0 Å². The molecule has 0 aliphatic carbocycles. The Labute approximate surface area is 237 Å². The van der Waals surface area contributed by atoms with Gasteiger partial charge in [-0.05, 0) is 61.4 Å². The summed E-state index contributed by atoms with van der Waals surface area (Å²) in [6.07, 6.45) is 0. The quantitative estimate of drug-likeness (QED) is 0.327. The lowest BCUT2D eigenvalue weighted by atomic mass is 10.0. The van der Waals surface area contributed by atoms with Gasteiger partial charge in [-0.1, -0.05) is 32.0 Å². The summed E-state index contributed by atoms with van der Waals surface area (Å²) in [5.41, 5.74) is 1.60. The molecular weight excluding hydrogens is 525 g/mol. The summed E-state index contributed by atoms with van der Waals surface area (Å²) in [4.78, 5) is 17.7. The van der Waals surface area contributed by atoms with Gasteiger partial charge in [-0.25, -0.2) is 0 Å². The molecule has 38 heavy (non-hydrogen) atoms. The summed E-state index contributed by atoms with van der Waals surface area (Å²) in [5, 5.41) is 22.9. The molecule has 3 N–H and O–H groups in total. The van der Waals surface area contributed by atoms with E-state index in [4.69, 9.17) is 4.74 Å². The highest BCUT2D eigenvalue weighted by molar-refractivity contribution is 5.94. The number of nitrogens with zero attached hydrogens (tertiary/aromatic N) is 2. The number of hydrogen-bond donors (Lipinski definition) is 3. The van der Waals surface area contributed by atoms with Crippen molar-refractivity contribution in [1.29, 1.82) is 0 Å². The van der Waals surface area contributed by atoms with Crippen molar-refractivity contribution in [2.24, 2.45) is 5.92 Å². The lowest BCUT2D eigenvalue weighted by molar-refractivity contribution is 0.0903. The van der Waals surface area contributed by atoms with Gasteiger partial charge in [0, 0.05) is 55.6 Å². The molecule has 7 nitrogen and oxygen atoms in total. The Hall–Kier alpha value is -3.13. The number of amides is 1. The molecule has 0 saturated carbocycles. The number of phenols is 2. The molecule has 206 valence electrons. The minimum Gasteiger partial charge on any atom is -0.508 e. The van der Waals surface area contributed by atoms with E-state index in [0.717, 1.165) is 31.9 Å². The van der Waals surface area contributed by atoms with E-state index in [1.165, 1.54) is 0 Å². The third-order valence-corrected chi connectivity index (χ3v) is 6.66. The van der Waals surface area contributed by atoms with Crippen LogP contribution in [0, 0.1) is 5.92 Å². The number of nitrogens with one attached hydrogen (secondary N) is 1. The number of anilines is 1. The predicted molar refractivity (Wildman–Crippen MR) is 157 cm³/mol. The van der Waals surface area contributed by atoms with Gasteiger partial charge in [0.2, 0.25) is 0 Å². The number of carbonyl (C=O) groups excluding carboxylic acids is 1. The number of piperazine rings is 1. The zero-order chi connectivity index (χ0) is 25.7. The first-order valence-electron chi connectivity index (χ1n) is 12.4. The summed E-state index contributed by atoms with van der Waals surface area (Å²) < 4.78 is 5.71. The third-order valence-electron chi connectivity index (χ3n) is 6.66. The van der Waals surface area contributed by atoms with Crippen molar-refractivity contribution in [3.8, 4) is 23.0 Å². The Morgan fingerprint density at radius 3 is 2.34 bits per heavy atom. The molecule has 1 fully saturated rings. The molecule has 1 aliphatic heterocycles. The Morgan fingerprint density at radius 2 is 1.71 bits per heavy atom. The summed E-state index contributed by atoms with van der Waals surface area (Å²) in [7, 11) is 0. The number of halogens is 2. The van der Waals surface area contributed by atoms with E-state index in [1.807, 2.05) is 18.2 Å². The maximum Gasteiger partial charge on any atom is 0.251 e. The van der Waals surface area contributed by atoms with Crippen LogP contribution in [0.15, 0.2) is 72.8 Å². The van der Waals surface area contributed by atoms with Gasteiger partial charge in [0.15, 0.2) is 11.5 Å². The number of rotatable bonds is 8. The molecular formula is C29H37Cl2N3O4. The number of phenolic OH excluding ortho intramolecular Hbond substituents is 2. The lowest BCUT2D eigenvalue weighted by Gasteiger charge is -2.42. The molecule has 4 rings (SSSR count). The number of para-hydroxylation sites is 2. The molecule has 1 amide bonds. The second-order valence-corrected chi connectivity index (χ2v) is 9.74. The highest BCUT2D eigenvalue weighted by atomic mass is 35.5. The lowest BCUT2D eigenvalue weighted by Crippen LogP contribution is -2.56. The SMILES string of the molecule is CC(C)C(CN1CCN(c2cccc(O)c2)[C@@H](C)C1)NC(=O)c1ccc(Oc2ccccc2O)cc1.Cl.Cl. The van der Waals surface area contributed by atoms with Gasteiger partial charge >= 0.3 is 0 Å². The first-order valence-corrected chi connectivity index (χ1v) is 12.4. The topological polar surface area (TPSA) is 85.3 Å². The van der Waals surface area contributed by atoms with Crippen molar-refractivity contribution < 1.29 is 19.7 Å². The third kappa shape index (κ3) is 7.93. The van der Waals surface area contributed by atoms with Crippen molar-refractivity contribution in [3.63, 3.8) is 0 Å². The van der Waals surface area contributed by atoms with Crippen molar-refractivity contribution in [3.05, 3.63) is 78.4 Å². The normalized spacial score (nSPS) is 16.2. The standard InChI is InChI=1S/C29H35N3O4.2ClH/c1-20(2)26(19-31-15-16-32(21(3)18-31)23-7-6-8-24(33)17-23)30-29(35)22-11-13-25(14-12-22)36-28-10-5-4-9-27(28)34;;/h4-14,17,20-21,26,33-34H,15-16,18-19H2,1-3H3,(H,30,35);2*1H/t21-,26?;;/m0../s1. The van der Waals surface area contributed by atoms with Crippen LogP contribution in [-0.4, -0.2) is 59.3 Å². The summed E-state index contributed by atoms with van der Waals surface area (Å²) in [6, 6.07) is 21.4. The highest BCUT2D eigenvalue weighted by Crippen LogP contribution is 2.30. The van der Waals surface area contributed by atoms with Crippen LogP contribution in [-0.2, 0) is 0 Å². The fraction of sp³-hybridized carbons (Fsp3) is 0.345. The Balaban J connectivity index is 0.00000253. The fourth-order valence-electron chi connectivity index (χ4n) is 4.55. The second kappa shape index (κ2) is 14.1. The van der Waals surface area contributed by atoms with E-state index in [2.05, 4.69) is 35.9 Å². The molecule has 0 radical (unpaired) electrons. The van der Waals surface area contributed by atoms with E-state index >= 15 is 0 Å². The van der Waals surface area contributed by atoms with Crippen LogP contribution in [0.1, 0.15) is 31.1 Å². The number of carbonyl (C=O) groups is 1. The van der Waals surface area contributed by atoms with Crippen LogP contribution in [0.5, 0.6) is 23.0 Å². The fourth-order valence-corrected chi connectivity index (χ4v) is 4.55. The molecule has 1 heterocycles. The maximum absolute atomic E-state index is 13.0. The number of aromatic hydroxyl groups is 2. The second-order valence-electron chi connectivity index (χ2n) is 9.74. The molecule has 1 unspecified atom stereocenters. The van der Waals surface area contributed by atoms with Crippen molar-refractivity contribution in [2.45, 2.75) is 32.9 Å². The predicted octanol–water partition coefficient (Wildman–Crippen LogP) is 5.70. The Kier molecular flexibility index (Phi) is 11.6. The smallest absolute Gasteiger partial charge is 0.251 e. The number of ether oxygens (including phenoxy) is 1. The van der Waals surface area contributed by atoms with Gasteiger partial charge in [0.25, 0.3) is 5.91 Å². The van der Waals surface area contributed by atoms with Gasteiger partial charge in [0.1, 0.15) is 11.5 Å². The molecule has 3 aromatic rings. The zero-order valence-electron chi connectivity index (χ0n) is 21.9. The molecule has 0 bridgehead atoms. The van der Waals surface area contributed by atoms with E-state index in [0.29, 0.717) is 23.1 Å². The maximum atomic E-state index is 13.0. The van der Waals surface area contributed by atoms with Gasteiger partial charge < -0.3 is 25.2 Å². The van der Waals surface area contributed by atoms with Crippen molar-refractivity contribution >= 4 is 36.4 Å². The van der Waals surface area contributed by atoms with Crippen LogP contribution in [0.4, 0.5) is 5.69 Å². The highest BCUT2D eigenvalue weighted by Gasteiger charge is 2.27. The van der Waals surface area contributed by atoms with Gasteiger partial charge in [0.05, 0.1) is 0 Å². The van der Waals surface area contributed by atoms with Crippen molar-refractivity contribution in [2.75, 3.05) is 31.1 Å². The Morgan fingerprint density at radius 1 is 1.00 bits per heavy atom. The average Bonchev–Trinajstić information content (AvgIpc) is 2.85. The number of benzene rings is 3. The average molecular weight is 563 g/mol. The largest absolute Gasteiger partial charge is 0.508 e. The van der Waals surface area contributed by atoms with E-state index in [-0.39, 0.29) is 54.2 Å².